The molecule has 0 bridgehead atoms. The summed E-state index contributed by atoms with van der Waals surface area (Å²) in [6, 6.07) is 4.64. The van der Waals surface area contributed by atoms with Gasteiger partial charge in [-0.3, -0.25) is 14.9 Å². The third-order valence-corrected chi connectivity index (χ3v) is 4.02. The van der Waals surface area contributed by atoms with E-state index in [2.05, 4.69) is 9.97 Å². The molecule has 2 heterocycles. The topological polar surface area (TPSA) is 92.1 Å². The normalized spacial score (nSPS) is 16.3. The van der Waals surface area contributed by atoms with Crippen molar-refractivity contribution in [3.8, 4) is 0 Å². The smallest absolute Gasteiger partial charge is 0.271 e. The molecule has 0 aliphatic carbocycles. The van der Waals surface area contributed by atoms with Crippen molar-refractivity contribution >= 4 is 22.6 Å². The summed E-state index contributed by atoms with van der Waals surface area (Å²) in [7, 11) is 0. The molecule has 7 nitrogen and oxygen atoms in total. The lowest BCUT2D eigenvalue weighted by Gasteiger charge is -2.30. The minimum atomic E-state index is -0.411. The van der Waals surface area contributed by atoms with Crippen LogP contribution in [0, 0.1) is 10.1 Å². The van der Waals surface area contributed by atoms with Gasteiger partial charge >= 0.3 is 0 Å². The molecule has 0 radical (unpaired) electrons. The third kappa shape index (κ3) is 2.58. The summed E-state index contributed by atoms with van der Waals surface area (Å²) in [4.78, 5) is 31.2. The second kappa shape index (κ2) is 5.16. The summed E-state index contributed by atoms with van der Waals surface area (Å²) < 4.78 is 0. The summed E-state index contributed by atoms with van der Waals surface area (Å²) in [5, 5.41) is 10.8. The molecular formula is C14H16N4O3. The summed E-state index contributed by atoms with van der Waals surface area (Å²) in [5.41, 5.74) is 1.49. The van der Waals surface area contributed by atoms with E-state index >= 15 is 0 Å². The highest BCUT2D eigenvalue weighted by molar-refractivity contribution is 5.78. The number of nitrogens with one attached hydrogen (secondary N) is 1. The molecule has 0 saturated carbocycles. The van der Waals surface area contributed by atoms with E-state index in [9.17, 15) is 14.9 Å². The number of amides is 1. The van der Waals surface area contributed by atoms with Crippen molar-refractivity contribution in [3.05, 3.63) is 34.1 Å². The number of non-ortho nitro benzene ring substituents is 1. The molecule has 1 amide bonds. The fourth-order valence-electron chi connectivity index (χ4n) is 2.79. The Balaban J connectivity index is 1.82. The van der Waals surface area contributed by atoms with E-state index in [1.165, 1.54) is 12.1 Å². The number of piperidine rings is 1. The van der Waals surface area contributed by atoms with Crippen molar-refractivity contribution in [1.82, 2.24) is 14.9 Å². The van der Waals surface area contributed by atoms with Gasteiger partial charge in [0.1, 0.15) is 5.82 Å². The van der Waals surface area contributed by atoms with Gasteiger partial charge in [0.25, 0.3) is 5.69 Å². The largest absolute Gasteiger partial charge is 0.343 e. The number of H-pyrrole nitrogens is 1. The van der Waals surface area contributed by atoms with Crippen molar-refractivity contribution < 1.29 is 9.72 Å². The van der Waals surface area contributed by atoms with Crippen LogP contribution in [0.3, 0.4) is 0 Å². The predicted molar refractivity (Wildman–Crippen MR) is 77.0 cm³/mol. The maximum absolute atomic E-state index is 11.3. The number of carbonyl (C=O) groups excluding carboxylic acids is 1. The van der Waals surface area contributed by atoms with Crippen LogP contribution >= 0.6 is 0 Å². The zero-order valence-electron chi connectivity index (χ0n) is 11.7. The molecular weight excluding hydrogens is 272 g/mol. The Morgan fingerprint density at radius 2 is 2.14 bits per heavy atom. The minimum absolute atomic E-state index is 0.0594. The van der Waals surface area contributed by atoms with Crippen LogP contribution in [0.4, 0.5) is 5.69 Å². The first kappa shape index (κ1) is 13.5. The number of nitro benzene ring substituents is 1. The Kier molecular flexibility index (Phi) is 3.32. The molecule has 110 valence electrons. The highest BCUT2D eigenvalue weighted by Crippen LogP contribution is 2.28. The molecule has 21 heavy (non-hydrogen) atoms. The molecule has 3 rings (SSSR count). The quantitative estimate of drug-likeness (QED) is 0.677. The van der Waals surface area contributed by atoms with E-state index in [4.69, 9.17) is 0 Å². The summed E-state index contributed by atoms with van der Waals surface area (Å²) in [5.74, 6) is 1.23. The molecule has 0 unspecified atom stereocenters. The van der Waals surface area contributed by atoms with Gasteiger partial charge in [0.15, 0.2) is 0 Å². The van der Waals surface area contributed by atoms with Crippen LogP contribution in [0.5, 0.6) is 0 Å². The molecule has 1 fully saturated rings. The third-order valence-electron chi connectivity index (χ3n) is 4.02. The van der Waals surface area contributed by atoms with Gasteiger partial charge in [-0.2, -0.15) is 0 Å². The Morgan fingerprint density at radius 3 is 2.76 bits per heavy atom. The zero-order valence-corrected chi connectivity index (χ0v) is 11.7. The highest BCUT2D eigenvalue weighted by Gasteiger charge is 2.24. The second-order valence-electron chi connectivity index (χ2n) is 5.36. The Hall–Kier alpha value is -2.44. The van der Waals surface area contributed by atoms with E-state index in [-0.39, 0.29) is 17.5 Å². The zero-order chi connectivity index (χ0) is 15.0. The van der Waals surface area contributed by atoms with Crippen molar-refractivity contribution in [3.63, 3.8) is 0 Å². The van der Waals surface area contributed by atoms with E-state index in [0.717, 1.165) is 37.3 Å². The Morgan fingerprint density at radius 1 is 1.43 bits per heavy atom. The fraction of sp³-hybridized carbons (Fsp3) is 0.429. The van der Waals surface area contributed by atoms with Crippen molar-refractivity contribution in [1.29, 1.82) is 0 Å². The second-order valence-corrected chi connectivity index (χ2v) is 5.36. The number of aromatic nitrogens is 2. The van der Waals surface area contributed by atoms with Gasteiger partial charge < -0.3 is 9.88 Å². The number of likely N-dealkylation sites (tertiary alicyclic amines) is 1. The van der Waals surface area contributed by atoms with Gasteiger partial charge in [-0.15, -0.1) is 0 Å². The SMILES string of the molecule is CC(=O)N1CCC(c2nc3ccc([N+](=O)[O-])cc3[nH]2)CC1. The van der Waals surface area contributed by atoms with Crippen LogP contribution in [0.25, 0.3) is 11.0 Å². The number of aromatic amines is 1. The van der Waals surface area contributed by atoms with Gasteiger partial charge in [0.2, 0.25) is 5.91 Å². The number of nitrogens with zero attached hydrogens (tertiary/aromatic N) is 3. The molecule has 1 aromatic heterocycles. The van der Waals surface area contributed by atoms with Crippen molar-refractivity contribution in [2.75, 3.05) is 13.1 Å². The van der Waals surface area contributed by atoms with Crippen LogP contribution < -0.4 is 0 Å². The van der Waals surface area contributed by atoms with Crippen LogP contribution in [0.2, 0.25) is 0 Å². The van der Waals surface area contributed by atoms with E-state index < -0.39 is 4.92 Å². The monoisotopic (exact) mass is 288 g/mol. The number of imidazole rings is 1. The van der Waals surface area contributed by atoms with E-state index in [1.54, 1.807) is 13.0 Å². The van der Waals surface area contributed by atoms with Gasteiger partial charge in [0.05, 0.1) is 16.0 Å². The number of fused-ring (bicyclic) bond motifs is 1. The standard InChI is InChI=1S/C14H16N4O3/c1-9(19)17-6-4-10(5-7-17)14-15-12-3-2-11(18(20)21)8-13(12)16-14/h2-3,8,10H,4-7H2,1H3,(H,15,16). The van der Waals surface area contributed by atoms with Crippen LogP contribution in [-0.2, 0) is 4.79 Å². The predicted octanol–water partition coefficient (Wildman–Crippen LogP) is 2.20. The molecule has 1 aromatic carbocycles. The average molecular weight is 288 g/mol. The van der Waals surface area contributed by atoms with Gasteiger partial charge in [-0.1, -0.05) is 0 Å². The minimum Gasteiger partial charge on any atom is -0.343 e. The maximum atomic E-state index is 11.3. The number of nitro groups is 1. The summed E-state index contributed by atoms with van der Waals surface area (Å²) in [6.45, 7) is 3.05. The first-order valence-electron chi connectivity index (χ1n) is 6.94. The van der Waals surface area contributed by atoms with Crippen molar-refractivity contribution in [2.45, 2.75) is 25.7 Å². The maximum Gasteiger partial charge on any atom is 0.271 e. The summed E-state index contributed by atoms with van der Waals surface area (Å²) in [6.07, 6.45) is 1.73. The number of rotatable bonds is 2. The van der Waals surface area contributed by atoms with Gasteiger partial charge in [-0.25, -0.2) is 4.98 Å². The van der Waals surface area contributed by atoms with Gasteiger partial charge in [-0.05, 0) is 18.9 Å². The average Bonchev–Trinajstić information content (AvgIpc) is 2.90. The first-order chi connectivity index (χ1) is 10.0. The molecule has 1 N–H and O–H groups in total. The molecule has 1 saturated heterocycles. The lowest BCUT2D eigenvalue weighted by atomic mass is 9.96. The Labute approximate surface area is 121 Å². The lowest BCUT2D eigenvalue weighted by molar-refractivity contribution is -0.384. The number of benzene rings is 1. The number of hydrogen-bond donors (Lipinski definition) is 1. The molecule has 0 atom stereocenters. The first-order valence-corrected chi connectivity index (χ1v) is 6.94. The van der Waals surface area contributed by atoms with E-state index in [0.29, 0.717) is 5.52 Å². The Bertz CT molecular complexity index is 701. The number of carbonyl (C=O) groups is 1. The molecule has 1 aliphatic heterocycles. The molecule has 1 aliphatic rings. The van der Waals surface area contributed by atoms with E-state index in [1.807, 2.05) is 4.90 Å². The van der Waals surface area contributed by atoms with Crippen LogP contribution in [0.1, 0.15) is 31.5 Å². The molecule has 0 spiro atoms. The number of hydrogen-bond acceptors (Lipinski definition) is 4. The summed E-state index contributed by atoms with van der Waals surface area (Å²) >= 11 is 0. The highest BCUT2D eigenvalue weighted by atomic mass is 16.6. The molecule has 7 heteroatoms. The van der Waals surface area contributed by atoms with Crippen molar-refractivity contribution in [2.24, 2.45) is 0 Å². The van der Waals surface area contributed by atoms with Gasteiger partial charge in [0, 0.05) is 38.1 Å². The lowest BCUT2D eigenvalue weighted by Crippen LogP contribution is -2.36. The fourth-order valence-corrected chi connectivity index (χ4v) is 2.79. The van der Waals surface area contributed by atoms with Crippen LogP contribution in [-0.4, -0.2) is 38.8 Å². The van der Waals surface area contributed by atoms with Crippen LogP contribution in [0.15, 0.2) is 18.2 Å². The molecule has 2 aromatic rings.